The number of rotatable bonds is 0. The Balaban J connectivity index is 0.000000810. The summed E-state index contributed by atoms with van der Waals surface area (Å²) in [6.45, 7) is 3.66. The highest BCUT2D eigenvalue weighted by atomic mass is 35.5. The standard InChI is InChI=1S/C8H10O.ClH/c1-6-4-3-5-7(2)8(6)9;/h3-5,9H,1-2H3;1H/p-2. The molecule has 0 aliphatic carbocycles. The van der Waals surface area contributed by atoms with E-state index in [1.807, 2.05) is 32.0 Å². The van der Waals surface area contributed by atoms with Gasteiger partial charge in [-0.3, -0.25) is 0 Å². The van der Waals surface area contributed by atoms with Crippen molar-refractivity contribution >= 4 is 0 Å². The lowest BCUT2D eigenvalue weighted by molar-refractivity contribution is -0.270. The lowest BCUT2D eigenvalue weighted by Gasteiger charge is -2.12. The van der Waals surface area contributed by atoms with Gasteiger partial charge in [-0.15, -0.1) is 5.75 Å². The van der Waals surface area contributed by atoms with Crippen LogP contribution in [0.15, 0.2) is 18.2 Å². The first-order valence-electron chi connectivity index (χ1n) is 2.95. The zero-order valence-electron chi connectivity index (χ0n) is 6.02. The lowest BCUT2D eigenvalue weighted by Crippen LogP contribution is -3.00. The number of benzene rings is 1. The molecule has 1 aromatic carbocycles. The molecule has 10 heavy (non-hydrogen) atoms. The highest BCUT2D eigenvalue weighted by molar-refractivity contribution is 5.36. The van der Waals surface area contributed by atoms with Gasteiger partial charge in [0.2, 0.25) is 0 Å². The van der Waals surface area contributed by atoms with Crippen LogP contribution in [0, 0.1) is 13.8 Å². The molecule has 0 radical (unpaired) electrons. The summed E-state index contributed by atoms with van der Waals surface area (Å²) in [4.78, 5) is 0. The number of hydrogen-bond donors (Lipinski definition) is 0. The average molecular weight is 157 g/mol. The average Bonchev–Trinajstić information content (AvgIpc) is 1.83. The monoisotopic (exact) mass is 156 g/mol. The van der Waals surface area contributed by atoms with Crippen molar-refractivity contribution in [3.05, 3.63) is 29.3 Å². The molecule has 1 rings (SSSR count). The molecule has 56 valence electrons. The fraction of sp³-hybridized carbons (Fsp3) is 0.250. The van der Waals surface area contributed by atoms with E-state index in [1.165, 1.54) is 0 Å². The van der Waals surface area contributed by atoms with E-state index in [9.17, 15) is 5.11 Å². The number of aryl methyl sites for hydroxylation is 2. The third-order valence-electron chi connectivity index (χ3n) is 1.41. The predicted octanol–water partition coefficient (Wildman–Crippen LogP) is -1.62. The largest absolute Gasteiger partial charge is 1.00 e. The fourth-order valence-electron chi connectivity index (χ4n) is 0.799. The number of hydrogen-bond acceptors (Lipinski definition) is 1. The molecule has 0 aromatic heterocycles. The zero-order valence-corrected chi connectivity index (χ0v) is 6.77. The van der Waals surface area contributed by atoms with E-state index < -0.39 is 0 Å². The SMILES string of the molecule is Cc1cccc(C)c1[O-].[Cl-]. The van der Waals surface area contributed by atoms with Gasteiger partial charge in [0.1, 0.15) is 0 Å². The Hall–Kier alpha value is -0.690. The molecule has 1 nitrogen and oxygen atoms in total. The molecule has 0 N–H and O–H groups in total. The van der Waals surface area contributed by atoms with Gasteiger partial charge in [-0.25, -0.2) is 0 Å². The molecule has 0 unspecified atom stereocenters. The van der Waals surface area contributed by atoms with E-state index in [0.29, 0.717) is 0 Å². The first-order valence-corrected chi connectivity index (χ1v) is 2.95. The summed E-state index contributed by atoms with van der Waals surface area (Å²) in [5.74, 6) is 0.164. The Kier molecular flexibility index (Phi) is 3.23. The summed E-state index contributed by atoms with van der Waals surface area (Å²) >= 11 is 0. The normalized spacial score (nSPS) is 8.60. The molecular weight excluding hydrogens is 148 g/mol. The second kappa shape index (κ2) is 3.47. The van der Waals surface area contributed by atoms with Gasteiger partial charge in [-0.05, 0) is 13.8 Å². The minimum atomic E-state index is 0. The second-order valence-corrected chi connectivity index (χ2v) is 2.22. The van der Waals surface area contributed by atoms with Gasteiger partial charge in [0.25, 0.3) is 0 Å². The van der Waals surface area contributed by atoms with Crippen LogP contribution in [0.2, 0.25) is 0 Å². The van der Waals surface area contributed by atoms with E-state index in [-0.39, 0.29) is 18.2 Å². The van der Waals surface area contributed by atoms with Crippen LogP contribution >= 0.6 is 0 Å². The minimum absolute atomic E-state index is 0. The maximum atomic E-state index is 11.0. The van der Waals surface area contributed by atoms with Gasteiger partial charge >= 0.3 is 0 Å². The number of para-hydroxylation sites is 1. The van der Waals surface area contributed by atoms with E-state index in [4.69, 9.17) is 0 Å². The Labute approximate surface area is 67.1 Å². The molecule has 0 bridgehead atoms. The molecule has 0 aliphatic heterocycles. The van der Waals surface area contributed by atoms with E-state index in [0.717, 1.165) is 11.1 Å². The molecule has 0 saturated heterocycles. The van der Waals surface area contributed by atoms with Gasteiger partial charge in [-0.1, -0.05) is 29.3 Å². The summed E-state index contributed by atoms with van der Waals surface area (Å²) in [5, 5.41) is 11.0. The fourth-order valence-corrected chi connectivity index (χ4v) is 0.799. The van der Waals surface area contributed by atoms with Crippen molar-refractivity contribution in [1.82, 2.24) is 0 Å². The highest BCUT2D eigenvalue weighted by Crippen LogP contribution is 2.15. The first-order chi connectivity index (χ1) is 4.22. The molecule has 0 atom stereocenters. The smallest absolute Gasteiger partial charge is 0.0404 e. The van der Waals surface area contributed by atoms with Crippen LogP contribution in [0.5, 0.6) is 5.75 Å². The van der Waals surface area contributed by atoms with Crippen molar-refractivity contribution in [2.24, 2.45) is 0 Å². The van der Waals surface area contributed by atoms with Crippen LogP contribution in [-0.2, 0) is 0 Å². The van der Waals surface area contributed by atoms with Gasteiger partial charge in [0, 0.05) is 0 Å². The molecule has 0 spiro atoms. The van der Waals surface area contributed by atoms with E-state index >= 15 is 0 Å². The summed E-state index contributed by atoms with van der Waals surface area (Å²) in [7, 11) is 0. The van der Waals surface area contributed by atoms with Crippen molar-refractivity contribution in [3.63, 3.8) is 0 Å². The second-order valence-electron chi connectivity index (χ2n) is 2.22. The Morgan fingerprint density at radius 3 is 1.80 bits per heavy atom. The minimum Gasteiger partial charge on any atom is -1.00 e. The molecule has 0 fully saturated rings. The summed E-state index contributed by atoms with van der Waals surface area (Å²) in [6.07, 6.45) is 0. The van der Waals surface area contributed by atoms with E-state index in [2.05, 4.69) is 0 Å². The molecule has 0 heterocycles. The van der Waals surface area contributed by atoms with Gasteiger partial charge in [0.15, 0.2) is 0 Å². The molecule has 0 amide bonds. The third-order valence-corrected chi connectivity index (χ3v) is 1.41. The first kappa shape index (κ1) is 9.31. The van der Waals surface area contributed by atoms with Crippen molar-refractivity contribution in [1.29, 1.82) is 0 Å². The van der Waals surface area contributed by atoms with Crippen molar-refractivity contribution in [2.75, 3.05) is 0 Å². The topological polar surface area (TPSA) is 23.1 Å². The molecule has 0 saturated carbocycles. The maximum Gasteiger partial charge on any atom is -0.0404 e. The van der Waals surface area contributed by atoms with Crippen molar-refractivity contribution < 1.29 is 17.5 Å². The Bertz CT molecular complexity index is 200. The van der Waals surface area contributed by atoms with Crippen LogP contribution in [0.1, 0.15) is 11.1 Å². The Morgan fingerprint density at radius 1 is 1.10 bits per heavy atom. The summed E-state index contributed by atoms with van der Waals surface area (Å²) in [5.41, 5.74) is 1.66. The van der Waals surface area contributed by atoms with E-state index in [1.54, 1.807) is 0 Å². The highest BCUT2D eigenvalue weighted by Gasteiger charge is 1.86. The quantitative estimate of drug-likeness (QED) is 0.443. The van der Waals surface area contributed by atoms with Crippen molar-refractivity contribution in [3.8, 4) is 5.75 Å². The molecule has 1 aromatic rings. The van der Waals surface area contributed by atoms with Crippen molar-refractivity contribution in [2.45, 2.75) is 13.8 Å². The summed E-state index contributed by atoms with van der Waals surface area (Å²) in [6, 6.07) is 5.55. The van der Waals surface area contributed by atoms with Crippen LogP contribution in [0.25, 0.3) is 0 Å². The van der Waals surface area contributed by atoms with Gasteiger partial charge in [0.05, 0.1) is 0 Å². The van der Waals surface area contributed by atoms with Gasteiger partial charge in [-0.2, -0.15) is 0 Å². The number of halogens is 1. The maximum absolute atomic E-state index is 11.0. The van der Waals surface area contributed by atoms with Crippen LogP contribution in [0.4, 0.5) is 0 Å². The van der Waals surface area contributed by atoms with Crippen LogP contribution < -0.4 is 17.5 Å². The summed E-state index contributed by atoms with van der Waals surface area (Å²) < 4.78 is 0. The Morgan fingerprint density at radius 2 is 1.50 bits per heavy atom. The molecular formula is C8H9ClO-2. The van der Waals surface area contributed by atoms with Crippen LogP contribution in [0.3, 0.4) is 0 Å². The predicted molar refractivity (Wildman–Crippen MR) is 35.4 cm³/mol. The lowest BCUT2D eigenvalue weighted by atomic mass is 10.1. The third kappa shape index (κ3) is 1.64. The molecule has 2 heteroatoms. The molecule has 0 aliphatic rings. The van der Waals surface area contributed by atoms with Gasteiger partial charge < -0.3 is 17.5 Å². The van der Waals surface area contributed by atoms with Crippen LogP contribution in [-0.4, -0.2) is 0 Å². The zero-order chi connectivity index (χ0) is 6.85.